The monoisotopic (exact) mass is 590 g/mol. The fraction of sp³-hybridized carbons (Fsp3) is 0.455. The number of hydrogen-bond donors (Lipinski definition) is 1. The Morgan fingerprint density at radius 1 is 1.05 bits per heavy atom. The molecule has 2 unspecified atom stereocenters. The summed E-state index contributed by atoms with van der Waals surface area (Å²) in [6.07, 6.45) is 5.04. The Morgan fingerprint density at radius 2 is 1.86 bits per heavy atom. The molecule has 1 aliphatic carbocycles. The Morgan fingerprint density at radius 3 is 2.69 bits per heavy atom. The number of aromatic nitrogens is 2. The molecular formula is C33H33ClF2N4O2. The molecule has 4 atom stereocenters. The lowest BCUT2D eigenvalue weighted by atomic mass is 9.95. The number of nitrogens with zero attached hydrogens (tertiary/aromatic N) is 4. The summed E-state index contributed by atoms with van der Waals surface area (Å²) < 4.78 is 37.5. The molecule has 1 N–H and O–H groups in total. The van der Waals surface area contributed by atoms with Crippen LogP contribution in [0.5, 0.6) is 11.8 Å². The minimum absolute atomic E-state index is 0.0264. The Hall–Kier alpha value is -3.23. The van der Waals surface area contributed by atoms with Crippen molar-refractivity contribution in [3.63, 3.8) is 0 Å². The van der Waals surface area contributed by atoms with E-state index in [0.717, 1.165) is 43.2 Å². The van der Waals surface area contributed by atoms with Gasteiger partial charge in [0.2, 0.25) is 0 Å². The number of anilines is 1. The molecular weight excluding hydrogens is 558 g/mol. The van der Waals surface area contributed by atoms with Gasteiger partial charge >= 0.3 is 6.01 Å². The molecule has 3 aliphatic heterocycles. The molecule has 0 amide bonds. The van der Waals surface area contributed by atoms with Crippen molar-refractivity contribution >= 4 is 39.1 Å². The molecule has 9 heteroatoms. The summed E-state index contributed by atoms with van der Waals surface area (Å²) in [5.74, 6) is 1.26. The van der Waals surface area contributed by atoms with Gasteiger partial charge in [-0.3, -0.25) is 4.90 Å². The molecule has 0 spiro atoms. The zero-order valence-electron chi connectivity index (χ0n) is 23.3. The molecule has 2 bridgehead atoms. The van der Waals surface area contributed by atoms with Crippen LogP contribution in [0.3, 0.4) is 0 Å². The molecule has 0 radical (unpaired) electrons. The summed E-state index contributed by atoms with van der Waals surface area (Å²) in [4.78, 5) is 13.9. The third-order valence-electron chi connectivity index (χ3n) is 10.1. The van der Waals surface area contributed by atoms with Crippen LogP contribution in [-0.2, 0) is 0 Å². The van der Waals surface area contributed by atoms with E-state index in [9.17, 15) is 9.50 Å². The molecule has 218 valence electrons. The maximum absolute atomic E-state index is 16.8. The van der Waals surface area contributed by atoms with Crippen LogP contribution in [0.4, 0.5) is 14.6 Å². The van der Waals surface area contributed by atoms with Crippen LogP contribution in [0, 0.1) is 17.7 Å². The topological polar surface area (TPSA) is 61.7 Å². The van der Waals surface area contributed by atoms with Gasteiger partial charge in [0.15, 0.2) is 5.82 Å². The van der Waals surface area contributed by atoms with E-state index in [2.05, 4.69) is 14.8 Å². The summed E-state index contributed by atoms with van der Waals surface area (Å²) >= 11 is 6.87. The zero-order valence-corrected chi connectivity index (χ0v) is 24.1. The SMILES string of the molecule is Oc1cc(-c2c(Cl)cc3c(N4CC5CCC(C5)C4)nc(OC[C@]45CCCN4C[C@@H](F)C5)nc3c2F)c2ccccc2c1. The number of alkyl halides is 1. The number of phenolic OH excluding ortho intramolecular Hbond substituents is 1. The van der Waals surface area contributed by atoms with Crippen LogP contribution < -0.4 is 9.64 Å². The number of piperidine rings is 1. The number of fused-ring (bicyclic) bond motifs is 5. The van der Waals surface area contributed by atoms with Gasteiger partial charge in [-0.2, -0.15) is 9.97 Å². The van der Waals surface area contributed by atoms with E-state index in [1.807, 2.05) is 24.3 Å². The zero-order chi connectivity index (χ0) is 28.6. The van der Waals surface area contributed by atoms with E-state index in [1.54, 1.807) is 18.2 Å². The Bertz CT molecular complexity index is 1710. The highest BCUT2D eigenvalue weighted by Gasteiger charge is 2.49. The first kappa shape index (κ1) is 26.4. The lowest BCUT2D eigenvalue weighted by Gasteiger charge is -2.34. The minimum atomic E-state index is -0.870. The molecule has 4 fully saturated rings. The fourth-order valence-electron chi connectivity index (χ4n) is 8.24. The number of halogens is 3. The Balaban J connectivity index is 1.27. The van der Waals surface area contributed by atoms with Crippen molar-refractivity contribution < 1.29 is 18.6 Å². The van der Waals surface area contributed by atoms with E-state index in [1.165, 1.54) is 19.3 Å². The molecule has 8 rings (SSSR count). The summed E-state index contributed by atoms with van der Waals surface area (Å²) in [6.45, 7) is 3.25. The van der Waals surface area contributed by atoms with Gasteiger partial charge in [0.25, 0.3) is 0 Å². The summed E-state index contributed by atoms with van der Waals surface area (Å²) in [7, 11) is 0. The van der Waals surface area contributed by atoms with Crippen molar-refractivity contribution in [3.8, 4) is 22.9 Å². The van der Waals surface area contributed by atoms with E-state index < -0.39 is 12.0 Å². The molecule has 4 aliphatic rings. The smallest absolute Gasteiger partial charge is 0.319 e. The first-order valence-electron chi connectivity index (χ1n) is 15.1. The Kier molecular flexibility index (Phi) is 6.23. The highest BCUT2D eigenvalue weighted by molar-refractivity contribution is 6.35. The molecule has 3 saturated heterocycles. The molecule has 1 saturated carbocycles. The van der Waals surface area contributed by atoms with Crippen LogP contribution in [0.15, 0.2) is 42.5 Å². The van der Waals surface area contributed by atoms with Crippen molar-refractivity contribution in [1.29, 1.82) is 0 Å². The quantitative estimate of drug-likeness (QED) is 0.267. The first-order chi connectivity index (χ1) is 20.4. The number of aromatic hydroxyl groups is 1. The third-order valence-corrected chi connectivity index (χ3v) is 10.4. The van der Waals surface area contributed by atoms with E-state index >= 15 is 4.39 Å². The maximum Gasteiger partial charge on any atom is 0.319 e. The number of rotatable bonds is 5. The maximum atomic E-state index is 16.8. The van der Waals surface area contributed by atoms with Crippen molar-refractivity contribution in [2.45, 2.75) is 50.2 Å². The van der Waals surface area contributed by atoms with Crippen LogP contribution in [-0.4, -0.2) is 64.5 Å². The average Bonchev–Trinajstić information content (AvgIpc) is 3.62. The molecule has 42 heavy (non-hydrogen) atoms. The highest BCUT2D eigenvalue weighted by Crippen LogP contribution is 2.45. The summed E-state index contributed by atoms with van der Waals surface area (Å²) in [6, 6.07) is 12.6. The van der Waals surface area contributed by atoms with E-state index in [0.29, 0.717) is 41.6 Å². The highest BCUT2D eigenvalue weighted by atomic mass is 35.5. The van der Waals surface area contributed by atoms with Crippen molar-refractivity contribution in [1.82, 2.24) is 14.9 Å². The molecule has 3 aromatic carbocycles. The van der Waals surface area contributed by atoms with Crippen LogP contribution in [0.1, 0.15) is 38.5 Å². The van der Waals surface area contributed by atoms with Crippen LogP contribution in [0.2, 0.25) is 5.02 Å². The second-order valence-corrected chi connectivity index (χ2v) is 13.2. The fourth-order valence-corrected chi connectivity index (χ4v) is 8.54. The lowest BCUT2D eigenvalue weighted by molar-refractivity contribution is 0.107. The van der Waals surface area contributed by atoms with Crippen LogP contribution >= 0.6 is 11.6 Å². The van der Waals surface area contributed by atoms with Gasteiger partial charge < -0.3 is 14.7 Å². The van der Waals surface area contributed by atoms with Crippen molar-refractivity contribution in [2.24, 2.45) is 11.8 Å². The van der Waals surface area contributed by atoms with Gasteiger partial charge in [0.05, 0.1) is 10.6 Å². The lowest BCUT2D eigenvalue weighted by Crippen LogP contribution is -2.43. The van der Waals surface area contributed by atoms with Gasteiger partial charge in [-0.25, -0.2) is 8.78 Å². The number of benzene rings is 3. The average molecular weight is 591 g/mol. The van der Waals surface area contributed by atoms with E-state index in [4.69, 9.17) is 21.3 Å². The second-order valence-electron chi connectivity index (χ2n) is 12.8. The predicted molar refractivity (Wildman–Crippen MR) is 161 cm³/mol. The van der Waals surface area contributed by atoms with Gasteiger partial charge in [0, 0.05) is 37.0 Å². The standard InChI is InChI=1S/C33H33ClF2N4O2/c34-27-13-26-30(29(36)28(27)25-12-23(41)11-21-4-1-2-5-24(21)25)37-32(38-31(26)39-15-19-6-7-20(10-19)16-39)42-18-33-8-3-9-40(33)17-22(35)14-33/h1-2,4-5,11-13,19-20,22,41H,3,6-10,14-18H2/t19?,20?,22-,33+/m0/s1. The van der Waals surface area contributed by atoms with Crippen LogP contribution in [0.25, 0.3) is 32.8 Å². The van der Waals surface area contributed by atoms with Gasteiger partial charge in [-0.05, 0) is 85.0 Å². The second kappa shape index (κ2) is 9.91. The Labute approximate surface area is 248 Å². The van der Waals surface area contributed by atoms with Gasteiger partial charge in [0.1, 0.15) is 29.9 Å². The minimum Gasteiger partial charge on any atom is -0.508 e. The normalized spacial score (nSPS) is 27.3. The molecule has 6 nitrogen and oxygen atoms in total. The summed E-state index contributed by atoms with van der Waals surface area (Å²) in [5, 5.41) is 12.8. The van der Waals surface area contributed by atoms with Crippen molar-refractivity contribution in [2.75, 3.05) is 37.7 Å². The largest absolute Gasteiger partial charge is 0.508 e. The number of phenols is 1. The van der Waals surface area contributed by atoms with Crippen molar-refractivity contribution in [3.05, 3.63) is 53.3 Å². The molecule has 1 aromatic heterocycles. The third kappa shape index (κ3) is 4.29. The molecule has 4 aromatic rings. The number of ether oxygens (including phenoxy) is 1. The first-order valence-corrected chi connectivity index (χ1v) is 15.4. The summed E-state index contributed by atoms with van der Waals surface area (Å²) in [5.41, 5.74) is 0.443. The van der Waals surface area contributed by atoms with Gasteiger partial charge in [-0.15, -0.1) is 0 Å². The molecule has 4 heterocycles. The van der Waals surface area contributed by atoms with Gasteiger partial charge in [-0.1, -0.05) is 35.9 Å². The predicted octanol–water partition coefficient (Wildman–Crippen LogP) is 7.14. The number of hydrogen-bond acceptors (Lipinski definition) is 6. The van der Waals surface area contributed by atoms with E-state index in [-0.39, 0.29) is 40.0 Å².